The predicted octanol–water partition coefficient (Wildman–Crippen LogP) is 5.15. The lowest BCUT2D eigenvalue weighted by Crippen LogP contribution is -2.06. The molecule has 0 aliphatic carbocycles. The van der Waals surface area contributed by atoms with E-state index in [0.29, 0.717) is 5.02 Å². The number of nitrogens with one attached hydrogen (secondary N) is 1. The molecule has 92 valence electrons. The summed E-state index contributed by atoms with van der Waals surface area (Å²) in [5.41, 5.74) is 0.844. The van der Waals surface area contributed by atoms with E-state index in [0.717, 1.165) is 19.9 Å². The Bertz CT molecular complexity index is 584. The molecule has 2 nitrogen and oxygen atoms in total. The van der Waals surface area contributed by atoms with Crippen LogP contribution in [0, 0.1) is 18.3 Å². The molecular weight excluding hydrogens is 332 g/mol. The van der Waals surface area contributed by atoms with Gasteiger partial charge in [-0.3, -0.25) is 0 Å². The number of nitriles is 1. The molecule has 0 bridgehead atoms. The number of halogens is 2. The van der Waals surface area contributed by atoms with Crippen molar-refractivity contribution in [3.8, 4) is 6.07 Å². The van der Waals surface area contributed by atoms with Crippen LogP contribution in [-0.2, 0) is 0 Å². The van der Waals surface area contributed by atoms with Gasteiger partial charge in [0.2, 0.25) is 0 Å². The fourth-order valence-corrected chi connectivity index (χ4v) is 3.28. The van der Waals surface area contributed by atoms with Crippen molar-refractivity contribution in [2.24, 2.45) is 0 Å². The second-order valence-corrected chi connectivity index (χ2v) is 6.35. The van der Waals surface area contributed by atoms with Crippen LogP contribution < -0.4 is 5.32 Å². The second-order valence-electron chi connectivity index (χ2n) is 3.77. The third-order valence-corrected chi connectivity index (χ3v) is 4.86. The minimum Gasteiger partial charge on any atom is -0.365 e. The number of hydrogen-bond donors (Lipinski definition) is 1. The highest BCUT2D eigenvalue weighted by Crippen LogP contribution is 2.32. The molecule has 0 radical (unpaired) electrons. The molecule has 0 saturated carbocycles. The van der Waals surface area contributed by atoms with E-state index in [1.165, 1.54) is 0 Å². The predicted molar refractivity (Wildman–Crippen MR) is 80.2 cm³/mol. The van der Waals surface area contributed by atoms with E-state index in [1.54, 1.807) is 23.5 Å². The zero-order valence-electron chi connectivity index (χ0n) is 9.58. The van der Waals surface area contributed by atoms with Crippen LogP contribution in [0.5, 0.6) is 0 Å². The van der Waals surface area contributed by atoms with Crippen molar-refractivity contribution in [3.63, 3.8) is 0 Å². The largest absolute Gasteiger partial charge is 0.365 e. The summed E-state index contributed by atoms with van der Waals surface area (Å²) in [4.78, 5) is 2.15. The highest BCUT2D eigenvalue weighted by Gasteiger charge is 2.14. The van der Waals surface area contributed by atoms with Gasteiger partial charge in [0.15, 0.2) is 0 Å². The molecule has 1 N–H and O–H groups in total. The molecule has 18 heavy (non-hydrogen) atoms. The van der Waals surface area contributed by atoms with Gasteiger partial charge in [0.25, 0.3) is 0 Å². The van der Waals surface area contributed by atoms with E-state index < -0.39 is 0 Å². The topological polar surface area (TPSA) is 35.8 Å². The van der Waals surface area contributed by atoms with Crippen molar-refractivity contribution in [1.82, 2.24) is 0 Å². The van der Waals surface area contributed by atoms with Gasteiger partial charge in [-0.2, -0.15) is 5.26 Å². The number of anilines is 1. The Morgan fingerprint density at radius 3 is 2.78 bits per heavy atom. The highest BCUT2D eigenvalue weighted by atomic mass is 79.9. The molecule has 1 heterocycles. The maximum Gasteiger partial charge on any atom is 0.149 e. The van der Waals surface area contributed by atoms with Gasteiger partial charge >= 0.3 is 0 Å². The monoisotopic (exact) mass is 340 g/mol. The van der Waals surface area contributed by atoms with Gasteiger partial charge in [-0.1, -0.05) is 17.7 Å². The van der Waals surface area contributed by atoms with E-state index in [-0.39, 0.29) is 6.04 Å². The van der Waals surface area contributed by atoms with Gasteiger partial charge in [-0.05, 0) is 47.1 Å². The van der Waals surface area contributed by atoms with Crippen molar-refractivity contribution in [3.05, 3.63) is 49.6 Å². The summed E-state index contributed by atoms with van der Waals surface area (Å²) in [6.45, 7) is 2.02. The van der Waals surface area contributed by atoms with Crippen LogP contribution in [0.15, 0.2) is 34.8 Å². The van der Waals surface area contributed by atoms with E-state index in [1.807, 2.05) is 25.1 Å². The van der Waals surface area contributed by atoms with Crippen molar-refractivity contribution in [2.75, 3.05) is 5.32 Å². The van der Waals surface area contributed by atoms with Gasteiger partial charge in [0.1, 0.15) is 6.04 Å². The maximum absolute atomic E-state index is 9.26. The number of aryl methyl sites for hydroxylation is 1. The normalized spacial score (nSPS) is 11.9. The van der Waals surface area contributed by atoms with Gasteiger partial charge in [-0.15, -0.1) is 11.3 Å². The van der Waals surface area contributed by atoms with Crippen molar-refractivity contribution in [1.29, 1.82) is 5.26 Å². The molecule has 0 saturated heterocycles. The fourth-order valence-electron chi connectivity index (χ4n) is 1.54. The van der Waals surface area contributed by atoms with E-state index in [2.05, 4.69) is 27.3 Å². The molecule has 5 heteroatoms. The Morgan fingerprint density at radius 1 is 1.44 bits per heavy atom. The van der Waals surface area contributed by atoms with Crippen LogP contribution in [0.2, 0.25) is 5.02 Å². The first-order valence-electron chi connectivity index (χ1n) is 5.27. The minimum absolute atomic E-state index is 0.363. The van der Waals surface area contributed by atoms with Crippen LogP contribution in [0.1, 0.15) is 15.8 Å². The minimum atomic E-state index is -0.363. The fraction of sp³-hybridized carbons (Fsp3) is 0.154. The average Bonchev–Trinajstić information content (AvgIpc) is 2.66. The third kappa shape index (κ3) is 3.05. The van der Waals surface area contributed by atoms with Gasteiger partial charge in [-0.25, -0.2) is 0 Å². The number of benzene rings is 1. The summed E-state index contributed by atoms with van der Waals surface area (Å²) in [6.07, 6.45) is 0. The van der Waals surface area contributed by atoms with Crippen LogP contribution in [0.4, 0.5) is 5.69 Å². The van der Waals surface area contributed by atoms with E-state index in [9.17, 15) is 5.26 Å². The Labute approximate surface area is 123 Å². The van der Waals surface area contributed by atoms with Gasteiger partial charge in [0.05, 0.1) is 6.07 Å². The Kier molecular flexibility index (Phi) is 4.28. The maximum atomic E-state index is 9.26. The summed E-state index contributed by atoms with van der Waals surface area (Å²) in [6, 6.07) is 11.2. The molecule has 1 aromatic heterocycles. The second kappa shape index (κ2) is 5.75. The molecule has 2 aromatic rings. The molecule has 2 rings (SSSR count). The van der Waals surface area contributed by atoms with Crippen molar-refractivity contribution >= 4 is 44.6 Å². The van der Waals surface area contributed by atoms with E-state index >= 15 is 0 Å². The molecule has 1 unspecified atom stereocenters. The molecule has 0 aliphatic rings. The summed E-state index contributed by atoms with van der Waals surface area (Å²) in [7, 11) is 0. The molecule has 0 amide bonds. The first-order chi connectivity index (χ1) is 8.60. The standard InChI is InChI=1S/C13H10BrClN2S/c1-8-11(14)6-13(18-8)12(7-16)17-10-4-2-3-9(15)5-10/h2-6,12,17H,1H3. The Hall–Kier alpha value is -1.02. The molecular formula is C13H10BrClN2S. The third-order valence-electron chi connectivity index (χ3n) is 2.43. The molecule has 1 atom stereocenters. The smallest absolute Gasteiger partial charge is 0.149 e. The van der Waals surface area contributed by atoms with Crippen LogP contribution in [-0.4, -0.2) is 0 Å². The lowest BCUT2D eigenvalue weighted by molar-refractivity contribution is 1.03. The molecule has 1 aromatic carbocycles. The zero-order chi connectivity index (χ0) is 13.1. The summed E-state index contributed by atoms with van der Waals surface area (Å²) < 4.78 is 1.04. The number of rotatable bonds is 3. The Balaban J connectivity index is 2.23. The molecule has 0 fully saturated rings. The lowest BCUT2D eigenvalue weighted by atomic mass is 10.2. The lowest BCUT2D eigenvalue weighted by Gasteiger charge is -2.11. The molecule has 0 spiro atoms. The van der Waals surface area contributed by atoms with Crippen molar-refractivity contribution < 1.29 is 0 Å². The Morgan fingerprint density at radius 2 is 2.22 bits per heavy atom. The summed E-state index contributed by atoms with van der Waals surface area (Å²) in [5.74, 6) is 0. The quantitative estimate of drug-likeness (QED) is 0.838. The number of hydrogen-bond acceptors (Lipinski definition) is 3. The first kappa shape index (κ1) is 13.4. The van der Waals surface area contributed by atoms with Crippen LogP contribution in [0.25, 0.3) is 0 Å². The zero-order valence-corrected chi connectivity index (χ0v) is 12.7. The number of nitrogens with zero attached hydrogens (tertiary/aromatic N) is 1. The first-order valence-corrected chi connectivity index (χ1v) is 7.26. The van der Waals surface area contributed by atoms with Crippen molar-refractivity contribution in [2.45, 2.75) is 13.0 Å². The van der Waals surface area contributed by atoms with Crippen LogP contribution >= 0.6 is 38.9 Å². The molecule has 0 aliphatic heterocycles. The highest BCUT2D eigenvalue weighted by molar-refractivity contribution is 9.10. The summed E-state index contributed by atoms with van der Waals surface area (Å²) in [5, 5.41) is 13.1. The SMILES string of the molecule is Cc1sc(C(C#N)Nc2cccc(Cl)c2)cc1Br. The van der Waals surface area contributed by atoms with Gasteiger partial charge < -0.3 is 5.32 Å². The van der Waals surface area contributed by atoms with Gasteiger partial charge in [0, 0.05) is 24.9 Å². The van der Waals surface area contributed by atoms with Crippen LogP contribution in [0.3, 0.4) is 0 Å². The number of thiophene rings is 1. The van der Waals surface area contributed by atoms with E-state index in [4.69, 9.17) is 11.6 Å². The average molecular weight is 342 g/mol. The summed E-state index contributed by atoms with van der Waals surface area (Å²) >= 11 is 11.0.